The molecule has 0 atom stereocenters. The minimum absolute atomic E-state index is 0.0127. The Morgan fingerprint density at radius 1 is 1.06 bits per heavy atom. The molecule has 0 spiro atoms. The van der Waals surface area contributed by atoms with E-state index in [0.29, 0.717) is 16.5 Å². The number of nitro benzene ring substituents is 1. The van der Waals surface area contributed by atoms with Crippen LogP contribution in [0, 0.1) is 10.1 Å². The number of hydrazone groups is 1. The highest BCUT2D eigenvalue weighted by Gasteiger charge is 2.17. The van der Waals surface area contributed by atoms with Crippen molar-refractivity contribution in [3.8, 4) is 17.1 Å². The van der Waals surface area contributed by atoms with Crippen LogP contribution in [-0.2, 0) is 4.79 Å². The summed E-state index contributed by atoms with van der Waals surface area (Å²) in [5.41, 5.74) is 4.78. The van der Waals surface area contributed by atoms with E-state index in [9.17, 15) is 14.9 Å². The molecule has 0 radical (unpaired) electrons. The van der Waals surface area contributed by atoms with E-state index in [0.717, 1.165) is 11.3 Å². The van der Waals surface area contributed by atoms with Gasteiger partial charge in [0, 0.05) is 35.8 Å². The van der Waals surface area contributed by atoms with Crippen LogP contribution in [0.15, 0.2) is 89.4 Å². The highest BCUT2D eigenvalue weighted by atomic mass is 32.2. The van der Waals surface area contributed by atoms with E-state index in [1.54, 1.807) is 24.5 Å². The Kier molecular flexibility index (Phi) is 6.81. The van der Waals surface area contributed by atoms with Crippen LogP contribution in [0.4, 0.5) is 5.69 Å². The third kappa shape index (κ3) is 5.46. The number of non-ortho nitro benzene ring substituents is 1. The molecule has 0 aliphatic rings. The quantitative estimate of drug-likeness (QED) is 0.185. The molecule has 1 amide bonds. The molecule has 2 aromatic carbocycles. The molecule has 164 valence electrons. The molecule has 0 aliphatic heterocycles. The van der Waals surface area contributed by atoms with Crippen molar-refractivity contribution in [3.63, 3.8) is 0 Å². The number of para-hydroxylation sites is 1. The standard InChI is InChI=1S/C22H17N7O3S/c30-20(25-24-14-16-6-8-19(9-7-16)29(31)32)15-33-22-27-26-21(17-10-12-23-13-11-17)28(22)18-4-2-1-3-5-18/h1-14H,15H2,(H,25,30)/b24-14+. The molecule has 0 fully saturated rings. The van der Waals surface area contributed by atoms with Gasteiger partial charge in [-0.15, -0.1) is 10.2 Å². The van der Waals surface area contributed by atoms with Crippen LogP contribution >= 0.6 is 11.8 Å². The zero-order valence-corrected chi connectivity index (χ0v) is 17.9. The van der Waals surface area contributed by atoms with Crippen LogP contribution in [0.25, 0.3) is 17.1 Å². The lowest BCUT2D eigenvalue weighted by Gasteiger charge is -2.10. The Balaban J connectivity index is 1.44. The Labute approximate surface area is 192 Å². The number of nitrogens with zero attached hydrogens (tertiary/aromatic N) is 6. The van der Waals surface area contributed by atoms with Crippen molar-refractivity contribution < 1.29 is 9.72 Å². The number of hydrogen-bond donors (Lipinski definition) is 1. The van der Waals surface area contributed by atoms with Crippen LogP contribution in [0.5, 0.6) is 0 Å². The maximum atomic E-state index is 12.3. The van der Waals surface area contributed by atoms with Gasteiger partial charge in [-0.25, -0.2) is 5.43 Å². The predicted octanol–water partition coefficient (Wildman–Crippen LogP) is 3.48. The van der Waals surface area contributed by atoms with Gasteiger partial charge in [0.2, 0.25) is 0 Å². The van der Waals surface area contributed by atoms with E-state index < -0.39 is 4.92 Å². The summed E-state index contributed by atoms with van der Waals surface area (Å²) in [4.78, 5) is 26.5. The van der Waals surface area contributed by atoms with Crippen molar-refractivity contribution in [2.75, 3.05) is 5.75 Å². The molecule has 33 heavy (non-hydrogen) atoms. The van der Waals surface area contributed by atoms with Gasteiger partial charge >= 0.3 is 0 Å². The van der Waals surface area contributed by atoms with Crippen molar-refractivity contribution in [2.45, 2.75) is 5.16 Å². The SMILES string of the molecule is O=C(CSc1nnc(-c2ccncc2)n1-c1ccccc1)N/N=C/c1ccc([N+](=O)[O-])cc1. The lowest BCUT2D eigenvalue weighted by molar-refractivity contribution is -0.384. The van der Waals surface area contributed by atoms with Gasteiger partial charge in [-0.3, -0.25) is 24.5 Å². The third-order valence-electron chi connectivity index (χ3n) is 4.43. The molecular formula is C22H17N7O3S. The van der Waals surface area contributed by atoms with Crippen LogP contribution in [-0.4, -0.2) is 42.5 Å². The Morgan fingerprint density at radius 3 is 2.48 bits per heavy atom. The van der Waals surface area contributed by atoms with Crippen molar-refractivity contribution in [2.24, 2.45) is 5.10 Å². The van der Waals surface area contributed by atoms with Crippen LogP contribution in [0.1, 0.15) is 5.56 Å². The molecule has 11 heteroatoms. The van der Waals surface area contributed by atoms with Gasteiger partial charge in [0.15, 0.2) is 11.0 Å². The van der Waals surface area contributed by atoms with E-state index in [2.05, 4.69) is 25.7 Å². The zero-order chi connectivity index (χ0) is 23.0. The summed E-state index contributed by atoms with van der Waals surface area (Å²) in [6.07, 6.45) is 4.78. The normalized spacial score (nSPS) is 10.9. The smallest absolute Gasteiger partial charge is 0.269 e. The molecule has 0 unspecified atom stereocenters. The van der Waals surface area contributed by atoms with Gasteiger partial charge in [0.05, 0.1) is 16.9 Å². The van der Waals surface area contributed by atoms with Gasteiger partial charge in [0.1, 0.15) is 0 Å². The van der Waals surface area contributed by atoms with Crippen molar-refractivity contribution in [1.29, 1.82) is 0 Å². The largest absolute Gasteiger partial charge is 0.272 e. The number of amides is 1. The summed E-state index contributed by atoms with van der Waals surface area (Å²) in [6.45, 7) is 0. The predicted molar refractivity (Wildman–Crippen MR) is 124 cm³/mol. The molecular weight excluding hydrogens is 442 g/mol. The highest BCUT2D eigenvalue weighted by molar-refractivity contribution is 7.99. The topological polar surface area (TPSA) is 128 Å². The summed E-state index contributed by atoms with van der Waals surface area (Å²) < 4.78 is 1.88. The van der Waals surface area contributed by atoms with Gasteiger partial charge in [-0.05, 0) is 42.0 Å². The van der Waals surface area contributed by atoms with Crippen LogP contribution in [0.2, 0.25) is 0 Å². The first-order valence-electron chi connectivity index (χ1n) is 9.72. The number of nitrogens with one attached hydrogen (secondary N) is 1. The van der Waals surface area contributed by atoms with Gasteiger partial charge < -0.3 is 0 Å². The lowest BCUT2D eigenvalue weighted by atomic mass is 10.2. The number of aromatic nitrogens is 4. The summed E-state index contributed by atoms with van der Waals surface area (Å²) in [7, 11) is 0. The number of carbonyl (C=O) groups excluding carboxylic acids is 1. The number of pyridine rings is 1. The van der Waals surface area contributed by atoms with E-state index in [4.69, 9.17) is 0 Å². The fourth-order valence-corrected chi connectivity index (χ4v) is 3.63. The molecule has 4 rings (SSSR count). The second kappa shape index (κ2) is 10.3. The van der Waals surface area contributed by atoms with E-state index in [1.807, 2.05) is 47.0 Å². The average Bonchev–Trinajstić information content (AvgIpc) is 3.28. The molecule has 0 aliphatic carbocycles. The summed E-state index contributed by atoms with van der Waals surface area (Å²) in [5.74, 6) is 0.382. The maximum absolute atomic E-state index is 12.3. The van der Waals surface area contributed by atoms with Crippen LogP contribution < -0.4 is 5.43 Å². The molecule has 0 saturated heterocycles. The average molecular weight is 459 g/mol. The molecule has 4 aromatic rings. The molecule has 2 aromatic heterocycles. The molecule has 2 heterocycles. The number of benzene rings is 2. The second-order valence-corrected chi connectivity index (χ2v) is 7.59. The van der Waals surface area contributed by atoms with E-state index in [1.165, 1.54) is 30.1 Å². The monoisotopic (exact) mass is 459 g/mol. The molecule has 1 N–H and O–H groups in total. The fourth-order valence-electron chi connectivity index (χ4n) is 2.88. The fraction of sp³-hybridized carbons (Fsp3) is 0.0455. The first-order chi connectivity index (χ1) is 16.1. The second-order valence-electron chi connectivity index (χ2n) is 6.64. The minimum Gasteiger partial charge on any atom is -0.272 e. The Hall–Kier alpha value is -4.38. The van der Waals surface area contributed by atoms with E-state index in [-0.39, 0.29) is 17.3 Å². The number of thioether (sulfide) groups is 1. The highest BCUT2D eigenvalue weighted by Crippen LogP contribution is 2.27. The van der Waals surface area contributed by atoms with Crippen molar-refractivity contribution in [1.82, 2.24) is 25.2 Å². The minimum atomic E-state index is -0.478. The number of nitro groups is 1. The van der Waals surface area contributed by atoms with Crippen LogP contribution in [0.3, 0.4) is 0 Å². The first kappa shape index (κ1) is 21.8. The summed E-state index contributed by atoms with van der Waals surface area (Å²) >= 11 is 1.23. The third-order valence-corrected chi connectivity index (χ3v) is 5.35. The summed E-state index contributed by atoms with van der Waals surface area (Å²) in [6, 6.07) is 19.2. The Morgan fingerprint density at radius 2 is 1.79 bits per heavy atom. The Bertz CT molecular complexity index is 1280. The number of hydrogen-bond acceptors (Lipinski definition) is 8. The van der Waals surface area contributed by atoms with Crippen molar-refractivity contribution in [3.05, 3.63) is 94.8 Å². The molecule has 10 nitrogen and oxygen atoms in total. The lowest BCUT2D eigenvalue weighted by Crippen LogP contribution is -2.20. The zero-order valence-electron chi connectivity index (χ0n) is 17.1. The van der Waals surface area contributed by atoms with Crippen molar-refractivity contribution >= 4 is 29.6 Å². The summed E-state index contributed by atoms with van der Waals surface area (Å²) in [5, 5.41) is 23.8. The molecule has 0 saturated carbocycles. The maximum Gasteiger partial charge on any atom is 0.269 e. The first-order valence-corrected chi connectivity index (χ1v) is 10.7. The number of carbonyl (C=O) groups is 1. The van der Waals surface area contributed by atoms with Gasteiger partial charge in [0.25, 0.3) is 11.6 Å². The van der Waals surface area contributed by atoms with E-state index >= 15 is 0 Å². The number of rotatable bonds is 8. The molecule has 0 bridgehead atoms. The van der Waals surface area contributed by atoms with Gasteiger partial charge in [-0.2, -0.15) is 5.10 Å². The van der Waals surface area contributed by atoms with Gasteiger partial charge in [-0.1, -0.05) is 30.0 Å².